The minimum atomic E-state index is -0.0648. The number of hydrogen-bond donors (Lipinski definition) is 2. The highest BCUT2D eigenvalue weighted by molar-refractivity contribution is 5.79. The molecule has 0 amide bonds. The van der Waals surface area contributed by atoms with Gasteiger partial charge < -0.3 is 5.11 Å². The van der Waals surface area contributed by atoms with Gasteiger partial charge in [0.25, 0.3) is 5.56 Å². The molecule has 1 heterocycles. The Hall–Kier alpha value is -2.49. The first-order valence-electron chi connectivity index (χ1n) is 6.09. The number of hydrogen-bond acceptors (Lipinski definition) is 2. The van der Waals surface area contributed by atoms with Crippen molar-refractivity contribution in [3.8, 4) is 5.75 Å². The third-order valence-corrected chi connectivity index (χ3v) is 3.28. The van der Waals surface area contributed by atoms with Crippen molar-refractivity contribution in [3.63, 3.8) is 0 Å². The second-order valence-electron chi connectivity index (χ2n) is 4.69. The summed E-state index contributed by atoms with van der Waals surface area (Å²) in [7, 11) is 1.82. The van der Waals surface area contributed by atoms with Gasteiger partial charge in [0.15, 0.2) is 0 Å². The van der Waals surface area contributed by atoms with E-state index in [1.807, 2.05) is 37.4 Å². The van der Waals surface area contributed by atoms with Crippen molar-refractivity contribution in [1.29, 1.82) is 0 Å². The van der Waals surface area contributed by atoms with E-state index in [1.165, 1.54) is 0 Å². The molecule has 0 saturated heterocycles. The zero-order valence-electron chi connectivity index (χ0n) is 10.6. The molecule has 0 aliphatic rings. The normalized spacial score (nSPS) is 11.0. The summed E-state index contributed by atoms with van der Waals surface area (Å²) < 4.78 is 1.72. The Kier molecular flexibility index (Phi) is 2.63. The topological polar surface area (TPSA) is 58.0 Å². The zero-order chi connectivity index (χ0) is 13.4. The van der Waals surface area contributed by atoms with Crippen LogP contribution < -0.4 is 5.56 Å². The minimum Gasteiger partial charge on any atom is -0.508 e. The molecule has 2 aromatic carbocycles. The lowest BCUT2D eigenvalue weighted by Crippen LogP contribution is -2.01. The van der Waals surface area contributed by atoms with Crippen molar-refractivity contribution in [2.45, 2.75) is 6.42 Å². The van der Waals surface area contributed by atoms with E-state index in [2.05, 4.69) is 5.10 Å². The van der Waals surface area contributed by atoms with E-state index >= 15 is 0 Å². The predicted octanol–water partition coefficient (Wildman–Crippen LogP) is 2.16. The Morgan fingerprint density at radius 1 is 1.11 bits per heavy atom. The molecule has 19 heavy (non-hydrogen) atoms. The smallest absolute Gasteiger partial charge is 0.271 e. The highest BCUT2D eigenvalue weighted by atomic mass is 16.3. The molecule has 0 aliphatic heterocycles. The summed E-state index contributed by atoms with van der Waals surface area (Å²) in [4.78, 5) is 11.7. The molecule has 0 atom stereocenters. The Bertz CT molecular complexity index is 782. The molecule has 0 aliphatic carbocycles. The maximum absolute atomic E-state index is 11.7. The first-order chi connectivity index (χ1) is 9.13. The van der Waals surface area contributed by atoms with Crippen LogP contribution >= 0.6 is 0 Å². The van der Waals surface area contributed by atoms with Crippen molar-refractivity contribution in [2.24, 2.45) is 7.05 Å². The van der Waals surface area contributed by atoms with Crippen LogP contribution in [0.25, 0.3) is 10.9 Å². The molecular formula is C15H14N2O2. The lowest BCUT2D eigenvalue weighted by molar-refractivity contribution is 0.475. The third kappa shape index (κ3) is 2.12. The predicted molar refractivity (Wildman–Crippen MR) is 74.5 cm³/mol. The van der Waals surface area contributed by atoms with Gasteiger partial charge in [-0.05, 0) is 41.8 Å². The lowest BCUT2D eigenvalue weighted by Gasteiger charge is -2.03. The molecule has 0 fully saturated rings. The lowest BCUT2D eigenvalue weighted by atomic mass is 10.0. The number of nitrogens with zero attached hydrogens (tertiary/aromatic N) is 1. The highest BCUT2D eigenvalue weighted by Crippen LogP contribution is 2.17. The summed E-state index contributed by atoms with van der Waals surface area (Å²) in [6, 6.07) is 13.0. The Labute approximate surface area is 109 Å². The monoisotopic (exact) mass is 254 g/mol. The van der Waals surface area contributed by atoms with Crippen LogP contribution in [0.4, 0.5) is 0 Å². The largest absolute Gasteiger partial charge is 0.508 e. The van der Waals surface area contributed by atoms with Gasteiger partial charge in [-0.1, -0.05) is 18.2 Å². The van der Waals surface area contributed by atoms with Gasteiger partial charge in [-0.3, -0.25) is 14.6 Å². The van der Waals surface area contributed by atoms with Crippen LogP contribution in [0.1, 0.15) is 11.1 Å². The molecule has 0 saturated carbocycles. The first-order valence-corrected chi connectivity index (χ1v) is 6.09. The van der Waals surface area contributed by atoms with E-state index < -0.39 is 0 Å². The van der Waals surface area contributed by atoms with Gasteiger partial charge in [0.1, 0.15) is 5.75 Å². The Balaban J connectivity index is 1.99. The van der Waals surface area contributed by atoms with Crippen LogP contribution in [-0.4, -0.2) is 14.9 Å². The molecule has 1 aromatic heterocycles. The number of rotatable bonds is 2. The number of benzene rings is 2. The van der Waals surface area contributed by atoms with Crippen molar-refractivity contribution >= 4 is 10.9 Å². The summed E-state index contributed by atoms with van der Waals surface area (Å²) >= 11 is 0. The molecule has 4 heteroatoms. The molecule has 0 unspecified atom stereocenters. The summed E-state index contributed by atoms with van der Waals surface area (Å²) in [6.45, 7) is 0. The van der Waals surface area contributed by atoms with E-state index in [-0.39, 0.29) is 11.3 Å². The molecule has 3 aromatic rings. The number of aryl methyl sites for hydroxylation is 1. The van der Waals surface area contributed by atoms with E-state index in [1.54, 1.807) is 16.8 Å². The standard InChI is InChI=1S/C15H14N2O2/c1-17-14-7-4-11(9-13(14)15(19)16-17)8-10-2-5-12(18)6-3-10/h2-7,9,18H,8H2,1H3,(H,16,19). The second kappa shape index (κ2) is 4.31. The minimum absolute atomic E-state index is 0.0648. The number of aromatic hydroxyl groups is 1. The summed E-state index contributed by atoms with van der Waals surface area (Å²) in [6.07, 6.45) is 0.741. The van der Waals surface area contributed by atoms with Crippen LogP contribution in [0.3, 0.4) is 0 Å². The van der Waals surface area contributed by atoms with Gasteiger partial charge in [0, 0.05) is 7.05 Å². The summed E-state index contributed by atoms with van der Waals surface area (Å²) in [5.74, 6) is 0.263. The van der Waals surface area contributed by atoms with Crippen LogP contribution in [0, 0.1) is 0 Å². The highest BCUT2D eigenvalue weighted by Gasteiger charge is 2.05. The van der Waals surface area contributed by atoms with Gasteiger partial charge in [-0.15, -0.1) is 0 Å². The van der Waals surface area contributed by atoms with Crippen LogP contribution in [0.15, 0.2) is 47.3 Å². The molecule has 3 rings (SSSR count). The number of phenols is 1. The molecule has 4 nitrogen and oxygen atoms in total. The number of fused-ring (bicyclic) bond motifs is 1. The van der Waals surface area contributed by atoms with Crippen molar-refractivity contribution in [2.75, 3.05) is 0 Å². The van der Waals surface area contributed by atoms with E-state index in [4.69, 9.17) is 0 Å². The molecule has 96 valence electrons. The fourth-order valence-corrected chi connectivity index (χ4v) is 2.29. The van der Waals surface area contributed by atoms with E-state index in [0.717, 1.165) is 23.1 Å². The van der Waals surface area contributed by atoms with Crippen LogP contribution in [-0.2, 0) is 13.5 Å². The van der Waals surface area contributed by atoms with Gasteiger partial charge >= 0.3 is 0 Å². The van der Waals surface area contributed by atoms with Crippen molar-refractivity contribution in [1.82, 2.24) is 9.78 Å². The fraction of sp³-hybridized carbons (Fsp3) is 0.133. The second-order valence-corrected chi connectivity index (χ2v) is 4.69. The molecular weight excluding hydrogens is 240 g/mol. The van der Waals surface area contributed by atoms with E-state index in [0.29, 0.717) is 5.39 Å². The van der Waals surface area contributed by atoms with Gasteiger partial charge in [-0.25, -0.2) is 0 Å². The molecule has 0 spiro atoms. The molecule has 0 bridgehead atoms. The van der Waals surface area contributed by atoms with Crippen molar-refractivity contribution < 1.29 is 5.11 Å². The summed E-state index contributed by atoms with van der Waals surface area (Å²) in [5.41, 5.74) is 3.02. The van der Waals surface area contributed by atoms with Gasteiger partial charge in [-0.2, -0.15) is 0 Å². The number of aromatic amines is 1. The summed E-state index contributed by atoms with van der Waals surface area (Å²) in [5, 5.41) is 12.7. The van der Waals surface area contributed by atoms with Crippen LogP contribution in [0.2, 0.25) is 0 Å². The maximum Gasteiger partial charge on any atom is 0.271 e. The average Bonchev–Trinajstić information content (AvgIpc) is 2.68. The Morgan fingerprint density at radius 2 is 1.79 bits per heavy atom. The first kappa shape index (κ1) is 11.6. The van der Waals surface area contributed by atoms with E-state index in [9.17, 15) is 9.90 Å². The van der Waals surface area contributed by atoms with Crippen LogP contribution in [0.5, 0.6) is 5.75 Å². The SMILES string of the molecule is Cn1[nH]c(=O)c2cc(Cc3ccc(O)cc3)ccc21. The van der Waals surface area contributed by atoms with Gasteiger partial charge in [0.2, 0.25) is 0 Å². The number of H-pyrrole nitrogens is 1. The molecule has 0 radical (unpaired) electrons. The number of aromatic nitrogens is 2. The quantitative estimate of drug-likeness (QED) is 0.736. The Morgan fingerprint density at radius 3 is 2.53 bits per heavy atom. The number of nitrogens with one attached hydrogen (secondary N) is 1. The average molecular weight is 254 g/mol. The zero-order valence-corrected chi connectivity index (χ0v) is 10.6. The van der Waals surface area contributed by atoms with Crippen molar-refractivity contribution in [3.05, 3.63) is 63.9 Å². The number of phenolic OH excluding ortho intramolecular Hbond substituents is 1. The van der Waals surface area contributed by atoms with Gasteiger partial charge in [0.05, 0.1) is 10.9 Å². The molecule has 2 N–H and O–H groups in total. The maximum atomic E-state index is 11.7. The third-order valence-electron chi connectivity index (χ3n) is 3.28. The fourth-order valence-electron chi connectivity index (χ4n) is 2.29.